The maximum atomic E-state index is 13.2. The Balaban J connectivity index is 0.00000257. The molecule has 6 rings (SSSR count). The first kappa shape index (κ1) is 38.3. The molecule has 0 spiro atoms. The van der Waals surface area contributed by atoms with E-state index in [0.29, 0.717) is 47.2 Å². The van der Waals surface area contributed by atoms with Gasteiger partial charge in [-0.3, -0.25) is 14.4 Å². The molecule has 0 bridgehead atoms. The summed E-state index contributed by atoms with van der Waals surface area (Å²) in [6.07, 6.45) is 14.9. The monoisotopic (exact) mass is 711 g/mol. The molecule has 2 unspecified atom stereocenters. The molecule has 1 aromatic heterocycles. The van der Waals surface area contributed by atoms with Gasteiger partial charge in [-0.05, 0) is 87.3 Å². The molecule has 2 aliphatic carbocycles. The average Bonchev–Trinajstić information content (AvgIpc) is 3.90. The summed E-state index contributed by atoms with van der Waals surface area (Å²) < 4.78 is 11.1. The molecule has 2 saturated carbocycles. The zero-order valence-corrected chi connectivity index (χ0v) is 31.1. The van der Waals surface area contributed by atoms with Crippen LogP contribution in [0.4, 0.5) is 28.8 Å². The fraction of sp³-hybridized carbons (Fsp3) is 0.475. The lowest BCUT2D eigenvalue weighted by Gasteiger charge is -2.43. The van der Waals surface area contributed by atoms with E-state index in [1.807, 2.05) is 57.2 Å². The van der Waals surface area contributed by atoms with Crippen LogP contribution in [0.5, 0.6) is 5.75 Å². The molecule has 2 fully saturated rings. The molecule has 0 saturated heterocycles. The predicted octanol–water partition coefficient (Wildman–Crippen LogP) is 7.23. The zero-order valence-electron chi connectivity index (χ0n) is 31.1. The highest BCUT2D eigenvalue weighted by Crippen LogP contribution is 2.40. The van der Waals surface area contributed by atoms with E-state index >= 15 is 0 Å². The molecular formula is C40H53N7O5. The van der Waals surface area contributed by atoms with E-state index in [9.17, 15) is 14.4 Å². The van der Waals surface area contributed by atoms with Crippen LogP contribution in [-0.2, 0) is 14.3 Å². The molecule has 278 valence electrons. The van der Waals surface area contributed by atoms with Gasteiger partial charge in [0.1, 0.15) is 29.6 Å². The van der Waals surface area contributed by atoms with Crippen molar-refractivity contribution in [3.05, 3.63) is 65.9 Å². The molecule has 2 atom stereocenters. The SMILES string of the molecule is CC.CCC1C(=O)N(C)c2cnc(Nc3ccc(C(=O)Nc4ccc(/C=C/CC(N)C(=O)OC5CCCC5)cc4)cc3OC)nc2N1C1CCCC1. The first-order valence-corrected chi connectivity index (χ1v) is 18.7. The molecule has 3 aromatic rings. The Morgan fingerprint density at radius 2 is 1.73 bits per heavy atom. The molecule has 2 aromatic carbocycles. The quantitative estimate of drug-likeness (QED) is 0.164. The highest BCUT2D eigenvalue weighted by Gasteiger charge is 2.41. The van der Waals surface area contributed by atoms with E-state index in [1.54, 1.807) is 43.5 Å². The van der Waals surface area contributed by atoms with E-state index < -0.39 is 6.04 Å². The van der Waals surface area contributed by atoms with Gasteiger partial charge in [0.05, 0.1) is 19.0 Å². The number of nitrogens with zero attached hydrogens (tertiary/aromatic N) is 4. The Hall–Kier alpha value is -4.97. The number of ether oxygens (including phenoxy) is 2. The van der Waals surface area contributed by atoms with Crippen molar-refractivity contribution in [3.8, 4) is 5.75 Å². The summed E-state index contributed by atoms with van der Waals surface area (Å²) in [4.78, 5) is 51.9. The zero-order chi connectivity index (χ0) is 37.2. The molecule has 12 heteroatoms. The predicted molar refractivity (Wildman–Crippen MR) is 206 cm³/mol. The normalized spacial score (nSPS) is 18.1. The summed E-state index contributed by atoms with van der Waals surface area (Å²) >= 11 is 0. The number of benzene rings is 2. The van der Waals surface area contributed by atoms with Gasteiger partial charge in [0.2, 0.25) is 11.9 Å². The molecule has 1 aliphatic heterocycles. The number of nitrogens with one attached hydrogen (secondary N) is 2. The largest absolute Gasteiger partial charge is 0.495 e. The molecule has 4 N–H and O–H groups in total. The number of nitrogens with two attached hydrogens (primary N) is 1. The van der Waals surface area contributed by atoms with E-state index in [2.05, 4.69) is 20.5 Å². The van der Waals surface area contributed by atoms with Crippen LogP contribution in [0, 0.1) is 0 Å². The van der Waals surface area contributed by atoms with Gasteiger partial charge < -0.3 is 35.6 Å². The minimum Gasteiger partial charge on any atom is -0.495 e. The summed E-state index contributed by atoms with van der Waals surface area (Å²) in [5.41, 5.74) is 9.29. The van der Waals surface area contributed by atoms with Gasteiger partial charge in [-0.1, -0.05) is 57.9 Å². The summed E-state index contributed by atoms with van der Waals surface area (Å²) in [5.74, 6) is 1.00. The number of hydrogen-bond donors (Lipinski definition) is 3. The highest BCUT2D eigenvalue weighted by molar-refractivity contribution is 6.05. The van der Waals surface area contributed by atoms with E-state index in [-0.39, 0.29) is 36.0 Å². The van der Waals surface area contributed by atoms with Gasteiger partial charge >= 0.3 is 5.97 Å². The van der Waals surface area contributed by atoms with Crippen molar-refractivity contribution >= 4 is 52.7 Å². The van der Waals surface area contributed by atoms with Crippen molar-refractivity contribution < 1.29 is 23.9 Å². The number of fused-ring (bicyclic) bond motifs is 1. The average molecular weight is 712 g/mol. The summed E-state index contributed by atoms with van der Waals surface area (Å²) in [5, 5.41) is 6.19. The second-order valence-electron chi connectivity index (χ2n) is 13.3. The number of carbonyl (C=O) groups is 3. The van der Waals surface area contributed by atoms with Crippen LogP contribution in [-0.4, -0.2) is 66.1 Å². The second-order valence-corrected chi connectivity index (χ2v) is 13.3. The van der Waals surface area contributed by atoms with E-state index in [0.717, 1.165) is 62.7 Å². The third kappa shape index (κ3) is 8.90. The van der Waals surface area contributed by atoms with Crippen LogP contribution in [0.15, 0.2) is 54.7 Å². The fourth-order valence-electron chi connectivity index (χ4n) is 7.09. The van der Waals surface area contributed by atoms with Crippen molar-refractivity contribution in [3.63, 3.8) is 0 Å². The lowest BCUT2D eigenvalue weighted by atomic mass is 10.0. The molecule has 2 amide bonds. The van der Waals surface area contributed by atoms with Gasteiger partial charge in [0, 0.05) is 24.3 Å². The number of methoxy groups -OCH3 is 1. The molecular weight excluding hydrogens is 658 g/mol. The van der Waals surface area contributed by atoms with E-state index in [4.69, 9.17) is 20.2 Å². The number of anilines is 5. The van der Waals surface area contributed by atoms with Crippen molar-refractivity contribution in [2.75, 3.05) is 34.6 Å². The van der Waals surface area contributed by atoms with Crippen LogP contribution >= 0.6 is 0 Å². The van der Waals surface area contributed by atoms with Crippen molar-refractivity contribution in [2.24, 2.45) is 5.73 Å². The standard InChI is InChI=1S/C38H47N7O5.C2H6/c1-4-31-36(47)44(2)32-23-40-38(43-34(32)45(31)27-11-5-6-12-27)42-30-21-18-25(22-33(30)49-3)35(46)41-26-19-16-24(17-20-26)10-9-15-29(39)37(48)50-28-13-7-8-14-28;1-2/h9-10,16-23,27-29,31H,4-8,11-15,39H2,1-3H3,(H,41,46)(H,40,42,43);1-2H3/b10-9+;. The minimum atomic E-state index is -0.691. The molecule has 3 aliphatic rings. The summed E-state index contributed by atoms with van der Waals surface area (Å²) in [6.45, 7) is 6.04. The molecule has 0 radical (unpaired) electrons. The maximum Gasteiger partial charge on any atom is 0.323 e. The fourth-order valence-corrected chi connectivity index (χ4v) is 7.09. The topological polar surface area (TPSA) is 152 Å². The van der Waals surface area contributed by atoms with Crippen molar-refractivity contribution in [1.29, 1.82) is 0 Å². The number of hydrogen-bond acceptors (Lipinski definition) is 10. The molecule has 12 nitrogen and oxygen atoms in total. The summed E-state index contributed by atoms with van der Waals surface area (Å²) in [6, 6.07) is 11.8. The number of carbonyl (C=O) groups excluding carboxylic acids is 3. The van der Waals surface area contributed by atoms with Crippen LogP contribution in [0.2, 0.25) is 0 Å². The van der Waals surface area contributed by atoms with Crippen molar-refractivity contribution in [2.45, 2.75) is 109 Å². The first-order valence-electron chi connectivity index (χ1n) is 18.7. The maximum absolute atomic E-state index is 13.2. The number of likely N-dealkylation sites (N-methyl/N-ethyl adjacent to an activating group) is 1. The number of aromatic nitrogens is 2. The minimum absolute atomic E-state index is 0.00393. The second kappa shape index (κ2) is 18.0. The van der Waals surface area contributed by atoms with Crippen LogP contribution in [0.3, 0.4) is 0 Å². The third-order valence-corrected chi connectivity index (χ3v) is 9.88. The lowest BCUT2D eigenvalue weighted by molar-refractivity contribution is -0.150. The van der Waals surface area contributed by atoms with E-state index in [1.165, 1.54) is 0 Å². The number of esters is 1. The molecule has 52 heavy (non-hydrogen) atoms. The Morgan fingerprint density at radius 3 is 2.40 bits per heavy atom. The molecule has 2 heterocycles. The van der Waals surface area contributed by atoms with Gasteiger partial charge in [0.25, 0.3) is 5.91 Å². The Labute approximate surface area is 307 Å². The van der Waals surface area contributed by atoms with Gasteiger partial charge in [-0.25, -0.2) is 4.98 Å². The number of rotatable bonds is 12. The highest BCUT2D eigenvalue weighted by atomic mass is 16.5. The van der Waals surface area contributed by atoms with Gasteiger partial charge in [0.15, 0.2) is 5.82 Å². The van der Waals surface area contributed by atoms with Gasteiger partial charge in [-0.2, -0.15) is 4.98 Å². The smallest absolute Gasteiger partial charge is 0.323 e. The van der Waals surface area contributed by atoms with Crippen molar-refractivity contribution in [1.82, 2.24) is 9.97 Å². The van der Waals surface area contributed by atoms with Crippen LogP contribution < -0.4 is 30.9 Å². The number of amides is 2. The Kier molecular flexibility index (Phi) is 13.2. The summed E-state index contributed by atoms with van der Waals surface area (Å²) in [7, 11) is 3.32. The Bertz CT molecular complexity index is 1720. The first-order chi connectivity index (χ1) is 25.2. The van der Waals surface area contributed by atoms with Gasteiger partial charge in [-0.15, -0.1) is 0 Å². The van der Waals surface area contributed by atoms with Crippen LogP contribution in [0.25, 0.3) is 6.08 Å². The van der Waals surface area contributed by atoms with Crippen LogP contribution in [0.1, 0.15) is 101 Å². The lowest BCUT2D eigenvalue weighted by Crippen LogP contribution is -2.55. The Morgan fingerprint density at radius 1 is 1.04 bits per heavy atom. The third-order valence-electron chi connectivity index (χ3n) is 9.88.